The molecule has 0 aliphatic carbocycles. The first kappa shape index (κ1) is 19.7. The van der Waals surface area contributed by atoms with Crippen LogP contribution in [0.25, 0.3) is 0 Å². The first-order valence-electron chi connectivity index (χ1n) is 7.56. The van der Waals surface area contributed by atoms with Gasteiger partial charge in [-0.05, 0) is 0 Å². The minimum atomic E-state index is -1.55. The minimum absolute atomic E-state index is 0.419. The number of ether oxygens (including phenoxy) is 6. The number of benzene rings is 2. The van der Waals surface area contributed by atoms with Crippen LogP contribution in [-0.2, 0) is 10.8 Å². The molecule has 142 valence electrons. The molecule has 0 bridgehead atoms. The number of hydrogen-bond donors (Lipinski definition) is 0. The highest BCUT2D eigenvalue weighted by molar-refractivity contribution is 7.85. The summed E-state index contributed by atoms with van der Waals surface area (Å²) in [4.78, 5) is 0.961. The van der Waals surface area contributed by atoms with Crippen molar-refractivity contribution in [2.24, 2.45) is 0 Å². The first-order valence-corrected chi connectivity index (χ1v) is 8.71. The molecule has 2 aromatic carbocycles. The average molecular weight is 382 g/mol. The minimum Gasteiger partial charge on any atom is -0.493 e. The molecule has 0 spiro atoms. The summed E-state index contributed by atoms with van der Waals surface area (Å²) in [6.07, 6.45) is 0. The normalized spacial score (nSPS) is 10.4. The molecule has 0 aliphatic rings. The van der Waals surface area contributed by atoms with E-state index >= 15 is 0 Å². The second-order valence-corrected chi connectivity index (χ2v) is 6.47. The van der Waals surface area contributed by atoms with E-state index in [0.717, 1.165) is 0 Å². The van der Waals surface area contributed by atoms with Crippen molar-refractivity contribution in [2.45, 2.75) is 9.79 Å². The molecule has 0 saturated carbocycles. The van der Waals surface area contributed by atoms with Gasteiger partial charge in [-0.25, -0.2) is 4.21 Å². The summed E-state index contributed by atoms with van der Waals surface area (Å²) in [7, 11) is 7.49. The Kier molecular flexibility index (Phi) is 6.57. The van der Waals surface area contributed by atoms with Crippen molar-refractivity contribution in [3.8, 4) is 34.5 Å². The lowest BCUT2D eigenvalue weighted by molar-refractivity contribution is 0.322. The Morgan fingerprint density at radius 3 is 1.00 bits per heavy atom. The van der Waals surface area contributed by atoms with Crippen LogP contribution in [0.15, 0.2) is 34.1 Å². The SMILES string of the molecule is COc1cc(S(=O)c2cc(OC)c(OC)c(OC)c2)cc(OC)c1OC. The molecule has 0 fully saturated rings. The van der Waals surface area contributed by atoms with E-state index in [1.807, 2.05) is 0 Å². The van der Waals surface area contributed by atoms with Crippen LogP contribution < -0.4 is 28.4 Å². The van der Waals surface area contributed by atoms with E-state index in [1.54, 1.807) is 24.3 Å². The van der Waals surface area contributed by atoms with Gasteiger partial charge in [0, 0.05) is 24.3 Å². The third-order valence-electron chi connectivity index (χ3n) is 3.70. The molecule has 7 nitrogen and oxygen atoms in total. The predicted octanol–water partition coefficient (Wildman–Crippen LogP) is 2.90. The number of hydrogen-bond acceptors (Lipinski definition) is 7. The lowest BCUT2D eigenvalue weighted by Gasteiger charge is -2.16. The zero-order valence-electron chi connectivity index (χ0n) is 15.6. The van der Waals surface area contributed by atoms with Crippen molar-refractivity contribution in [1.29, 1.82) is 0 Å². The maximum Gasteiger partial charge on any atom is 0.203 e. The molecule has 2 aromatic rings. The van der Waals surface area contributed by atoms with Gasteiger partial charge in [-0.3, -0.25) is 0 Å². The summed E-state index contributed by atoms with van der Waals surface area (Å²) in [5.41, 5.74) is 0. The molecule has 0 atom stereocenters. The number of rotatable bonds is 8. The molecule has 0 heterocycles. The maximum atomic E-state index is 13.1. The zero-order chi connectivity index (χ0) is 19.3. The van der Waals surface area contributed by atoms with Crippen LogP contribution in [0.3, 0.4) is 0 Å². The fourth-order valence-electron chi connectivity index (χ4n) is 2.46. The Balaban J connectivity index is 2.59. The summed E-state index contributed by atoms with van der Waals surface area (Å²) < 4.78 is 45.0. The highest BCUT2D eigenvalue weighted by Gasteiger charge is 2.20. The Labute approximate surface area is 155 Å². The molecule has 0 N–H and O–H groups in total. The number of methoxy groups -OCH3 is 6. The first-order chi connectivity index (χ1) is 12.5. The highest BCUT2D eigenvalue weighted by atomic mass is 32.2. The van der Waals surface area contributed by atoms with Gasteiger partial charge in [0.1, 0.15) is 0 Å². The van der Waals surface area contributed by atoms with Crippen LogP contribution in [-0.4, -0.2) is 46.9 Å². The zero-order valence-corrected chi connectivity index (χ0v) is 16.4. The van der Waals surface area contributed by atoms with Crippen molar-refractivity contribution in [3.63, 3.8) is 0 Å². The second kappa shape index (κ2) is 8.66. The molecule has 0 saturated heterocycles. The molecule has 0 aromatic heterocycles. The van der Waals surface area contributed by atoms with Gasteiger partial charge in [-0.2, -0.15) is 0 Å². The third-order valence-corrected chi connectivity index (χ3v) is 5.03. The van der Waals surface area contributed by atoms with Crippen LogP contribution in [0.2, 0.25) is 0 Å². The van der Waals surface area contributed by atoms with Gasteiger partial charge in [-0.1, -0.05) is 0 Å². The smallest absolute Gasteiger partial charge is 0.203 e. The van der Waals surface area contributed by atoms with Crippen LogP contribution >= 0.6 is 0 Å². The largest absolute Gasteiger partial charge is 0.493 e. The van der Waals surface area contributed by atoms with Crippen molar-refractivity contribution in [2.75, 3.05) is 42.7 Å². The van der Waals surface area contributed by atoms with Crippen LogP contribution in [0.1, 0.15) is 0 Å². The molecule has 0 aliphatic heterocycles. The quantitative estimate of drug-likeness (QED) is 0.695. The Morgan fingerprint density at radius 2 is 0.808 bits per heavy atom. The van der Waals surface area contributed by atoms with Gasteiger partial charge in [0.2, 0.25) is 11.5 Å². The summed E-state index contributed by atoms with van der Waals surface area (Å²) in [5.74, 6) is 2.54. The Morgan fingerprint density at radius 1 is 0.538 bits per heavy atom. The Hall–Kier alpha value is -2.61. The van der Waals surface area contributed by atoms with Gasteiger partial charge < -0.3 is 28.4 Å². The monoisotopic (exact) mass is 382 g/mol. The molecule has 0 amide bonds. The third kappa shape index (κ3) is 3.65. The van der Waals surface area contributed by atoms with Gasteiger partial charge >= 0.3 is 0 Å². The molecule has 0 radical (unpaired) electrons. The molecular formula is C18H22O7S. The molecule has 8 heteroatoms. The van der Waals surface area contributed by atoms with Crippen LogP contribution in [0.5, 0.6) is 34.5 Å². The summed E-state index contributed by atoms with van der Waals surface area (Å²) in [6.45, 7) is 0. The molecule has 26 heavy (non-hydrogen) atoms. The van der Waals surface area contributed by atoms with Gasteiger partial charge in [0.15, 0.2) is 23.0 Å². The van der Waals surface area contributed by atoms with E-state index < -0.39 is 10.8 Å². The van der Waals surface area contributed by atoms with Crippen LogP contribution in [0, 0.1) is 0 Å². The highest BCUT2D eigenvalue weighted by Crippen LogP contribution is 2.42. The summed E-state index contributed by atoms with van der Waals surface area (Å²) >= 11 is 0. The maximum absolute atomic E-state index is 13.1. The molecule has 0 unspecified atom stereocenters. The van der Waals surface area contributed by atoms with Crippen molar-refractivity contribution in [3.05, 3.63) is 24.3 Å². The van der Waals surface area contributed by atoms with Crippen molar-refractivity contribution in [1.82, 2.24) is 0 Å². The van der Waals surface area contributed by atoms with Crippen LogP contribution in [0.4, 0.5) is 0 Å². The topological polar surface area (TPSA) is 72.5 Å². The van der Waals surface area contributed by atoms with Gasteiger partial charge in [-0.15, -0.1) is 0 Å². The van der Waals surface area contributed by atoms with E-state index in [-0.39, 0.29) is 0 Å². The van der Waals surface area contributed by atoms with E-state index in [4.69, 9.17) is 28.4 Å². The lowest BCUT2D eigenvalue weighted by atomic mass is 10.3. The summed E-state index contributed by atoms with van der Waals surface area (Å²) in [6, 6.07) is 6.56. The fraction of sp³-hybridized carbons (Fsp3) is 0.333. The summed E-state index contributed by atoms with van der Waals surface area (Å²) in [5, 5.41) is 0. The van der Waals surface area contributed by atoms with Crippen molar-refractivity contribution >= 4 is 10.8 Å². The molecular weight excluding hydrogens is 360 g/mol. The molecule has 2 rings (SSSR count). The fourth-order valence-corrected chi connectivity index (χ4v) is 3.59. The van der Waals surface area contributed by atoms with E-state index in [0.29, 0.717) is 44.3 Å². The standard InChI is InChI=1S/C18H22O7S/c1-20-13-7-11(8-14(21-2)17(13)24-5)26(19)12-9-15(22-3)18(25-6)16(10-12)23-4/h7-10H,1-6H3. The average Bonchev–Trinajstić information content (AvgIpc) is 2.70. The van der Waals surface area contributed by atoms with E-state index in [2.05, 4.69) is 0 Å². The van der Waals surface area contributed by atoms with Gasteiger partial charge in [0.25, 0.3) is 0 Å². The van der Waals surface area contributed by atoms with Gasteiger partial charge in [0.05, 0.1) is 63.2 Å². The van der Waals surface area contributed by atoms with Crippen molar-refractivity contribution < 1.29 is 32.6 Å². The van der Waals surface area contributed by atoms with E-state index in [1.165, 1.54) is 42.7 Å². The Bertz CT molecular complexity index is 689. The predicted molar refractivity (Wildman–Crippen MR) is 96.9 cm³/mol. The lowest BCUT2D eigenvalue weighted by Crippen LogP contribution is -2.01. The van der Waals surface area contributed by atoms with E-state index in [9.17, 15) is 4.21 Å². The second-order valence-electron chi connectivity index (χ2n) is 4.99.